The van der Waals surface area contributed by atoms with Crippen LogP contribution in [0.3, 0.4) is 0 Å². The fraction of sp³-hybridized carbons (Fsp3) is 0.455. The number of alkyl halides is 1. The van der Waals surface area contributed by atoms with Gasteiger partial charge in [0.15, 0.2) is 4.90 Å². The van der Waals surface area contributed by atoms with Gasteiger partial charge in [-0.2, -0.15) is 0 Å². The molecule has 0 aliphatic carbocycles. The van der Waals surface area contributed by atoms with Crippen molar-refractivity contribution in [2.45, 2.75) is 11.3 Å². The van der Waals surface area contributed by atoms with E-state index >= 15 is 0 Å². The number of benzene rings is 1. The molecule has 0 saturated heterocycles. The molecule has 7 nitrogen and oxygen atoms in total. The van der Waals surface area contributed by atoms with Gasteiger partial charge >= 0.3 is 0 Å². The third-order valence-corrected chi connectivity index (χ3v) is 5.12. The molecule has 0 heterocycles. The first-order chi connectivity index (χ1) is 9.34. The van der Waals surface area contributed by atoms with E-state index in [-0.39, 0.29) is 17.2 Å². The molecule has 0 unspecified atom stereocenters. The smallest absolute Gasteiger partial charge is 0.293 e. The van der Waals surface area contributed by atoms with Gasteiger partial charge in [0.1, 0.15) is 5.75 Å². The normalized spacial score (nSPS) is 11.6. The summed E-state index contributed by atoms with van der Waals surface area (Å²) in [6.45, 7) is 0.275. The first kappa shape index (κ1) is 16.9. The number of nitrogens with zero attached hydrogens (tertiary/aromatic N) is 2. The van der Waals surface area contributed by atoms with Gasteiger partial charge in [0.2, 0.25) is 10.0 Å². The molecule has 0 saturated carbocycles. The van der Waals surface area contributed by atoms with E-state index in [2.05, 4.69) is 15.9 Å². The highest BCUT2D eigenvalue weighted by Gasteiger charge is 2.29. The average molecular weight is 367 g/mol. The lowest BCUT2D eigenvalue weighted by molar-refractivity contribution is -0.387. The first-order valence-corrected chi connectivity index (χ1v) is 8.25. The number of nitro groups is 1. The highest BCUT2D eigenvalue weighted by atomic mass is 79.9. The minimum absolute atomic E-state index is 0.235. The molecule has 1 aromatic carbocycles. The SMILES string of the molecule is COc1ccc(S(=O)(=O)N(C)CCCBr)c([N+](=O)[O-])c1. The lowest BCUT2D eigenvalue weighted by Crippen LogP contribution is -2.28. The highest BCUT2D eigenvalue weighted by molar-refractivity contribution is 9.09. The van der Waals surface area contributed by atoms with Gasteiger partial charge in [-0.05, 0) is 18.6 Å². The number of nitro benzene ring substituents is 1. The van der Waals surface area contributed by atoms with Crippen LogP contribution in [0.1, 0.15) is 6.42 Å². The minimum atomic E-state index is -3.90. The third-order valence-electron chi connectivity index (χ3n) is 2.66. The Hall–Kier alpha value is -1.19. The summed E-state index contributed by atoms with van der Waals surface area (Å²) < 4.78 is 30.6. The van der Waals surface area contributed by atoms with Gasteiger partial charge in [-0.1, -0.05) is 15.9 Å². The predicted octanol–water partition coefficient (Wildman–Crippen LogP) is 2.01. The standard InChI is InChI=1S/C11H15BrN2O5S/c1-13(7-3-6-12)20(17,18)11-5-4-9(19-2)8-10(11)14(15)16/h4-5,8H,3,6-7H2,1-2H3. The Labute approximate surface area is 125 Å². The summed E-state index contributed by atoms with van der Waals surface area (Å²) in [5, 5.41) is 11.7. The van der Waals surface area contributed by atoms with Crippen LogP contribution in [-0.4, -0.2) is 43.7 Å². The van der Waals surface area contributed by atoms with Crippen molar-refractivity contribution in [3.8, 4) is 5.75 Å². The molecule has 0 fully saturated rings. The maximum Gasteiger partial charge on any atom is 0.293 e. The van der Waals surface area contributed by atoms with E-state index in [1.807, 2.05) is 0 Å². The Balaban J connectivity index is 3.27. The Bertz CT molecular complexity index is 590. The van der Waals surface area contributed by atoms with Gasteiger partial charge in [-0.3, -0.25) is 10.1 Å². The van der Waals surface area contributed by atoms with Crippen molar-refractivity contribution in [3.05, 3.63) is 28.3 Å². The molecule has 0 spiro atoms. The number of methoxy groups -OCH3 is 1. The maximum atomic E-state index is 12.3. The quantitative estimate of drug-likeness (QED) is 0.418. The van der Waals surface area contributed by atoms with Crippen molar-refractivity contribution >= 4 is 31.6 Å². The topological polar surface area (TPSA) is 89.8 Å². The van der Waals surface area contributed by atoms with Crippen LogP contribution < -0.4 is 4.74 Å². The largest absolute Gasteiger partial charge is 0.497 e. The van der Waals surface area contributed by atoms with E-state index in [0.29, 0.717) is 11.8 Å². The van der Waals surface area contributed by atoms with Crippen molar-refractivity contribution < 1.29 is 18.1 Å². The van der Waals surface area contributed by atoms with E-state index in [9.17, 15) is 18.5 Å². The summed E-state index contributed by atoms with van der Waals surface area (Å²) in [7, 11) is -1.15. The van der Waals surface area contributed by atoms with Crippen molar-refractivity contribution in [2.24, 2.45) is 0 Å². The van der Waals surface area contributed by atoms with Crippen molar-refractivity contribution in [1.82, 2.24) is 4.31 Å². The molecule has 0 aliphatic rings. The van der Waals surface area contributed by atoms with Gasteiger partial charge in [0, 0.05) is 18.9 Å². The number of halogens is 1. The summed E-state index contributed by atoms with van der Waals surface area (Å²) in [4.78, 5) is 9.97. The molecule has 0 atom stereocenters. The number of hydrogen-bond acceptors (Lipinski definition) is 5. The second kappa shape index (κ2) is 7.00. The van der Waals surface area contributed by atoms with Crippen molar-refractivity contribution in [3.63, 3.8) is 0 Å². The Morgan fingerprint density at radius 3 is 2.60 bits per heavy atom. The van der Waals surface area contributed by atoms with Crippen LogP contribution in [0.25, 0.3) is 0 Å². The number of ether oxygens (including phenoxy) is 1. The van der Waals surface area contributed by atoms with E-state index in [1.165, 1.54) is 26.3 Å². The molecule has 0 N–H and O–H groups in total. The fourth-order valence-corrected chi connectivity index (χ4v) is 3.15. The lowest BCUT2D eigenvalue weighted by Gasteiger charge is -2.16. The lowest BCUT2D eigenvalue weighted by atomic mass is 10.3. The summed E-state index contributed by atoms with van der Waals surface area (Å²) in [6, 6.07) is 3.68. The third kappa shape index (κ3) is 3.68. The van der Waals surface area contributed by atoms with Crippen molar-refractivity contribution in [2.75, 3.05) is 26.0 Å². The fourth-order valence-electron chi connectivity index (χ4n) is 1.56. The second-order valence-corrected chi connectivity index (χ2v) is 6.77. The zero-order valence-electron chi connectivity index (χ0n) is 11.1. The molecule has 9 heteroatoms. The van der Waals surface area contributed by atoms with Crippen LogP contribution in [0.2, 0.25) is 0 Å². The van der Waals surface area contributed by atoms with Crippen LogP contribution in [0, 0.1) is 10.1 Å². The molecule has 0 bridgehead atoms. The summed E-state index contributed by atoms with van der Waals surface area (Å²) in [5.74, 6) is 0.235. The first-order valence-electron chi connectivity index (χ1n) is 5.69. The van der Waals surface area contributed by atoms with Gasteiger partial charge in [0.25, 0.3) is 5.69 Å². The van der Waals surface area contributed by atoms with Crippen LogP contribution >= 0.6 is 15.9 Å². The van der Waals surface area contributed by atoms with Gasteiger partial charge in [-0.25, -0.2) is 12.7 Å². The molecule has 1 rings (SSSR count). The predicted molar refractivity (Wildman–Crippen MR) is 77.9 cm³/mol. The number of rotatable bonds is 7. The molecule has 112 valence electrons. The van der Waals surface area contributed by atoms with E-state index in [4.69, 9.17) is 4.74 Å². The molecule has 0 aromatic heterocycles. The van der Waals surface area contributed by atoms with Crippen molar-refractivity contribution in [1.29, 1.82) is 0 Å². The molecular weight excluding hydrogens is 352 g/mol. The van der Waals surface area contributed by atoms with Crippen LogP contribution in [0.5, 0.6) is 5.75 Å². The van der Waals surface area contributed by atoms with E-state index in [0.717, 1.165) is 10.4 Å². The molecule has 0 amide bonds. The van der Waals surface area contributed by atoms with E-state index < -0.39 is 20.6 Å². The zero-order chi connectivity index (χ0) is 15.3. The summed E-state index contributed by atoms with van der Waals surface area (Å²) >= 11 is 3.21. The number of hydrogen-bond donors (Lipinski definition) is 0. The molecular formula is C11H15BrN2O5S. The van der Waals surface area contributed by atoms with E-state index in [1.54, 1.807) is 0 Å². The Morgan fingerprint density at radius 1 is 1.45 bits per heavy atom. The Kier molecular flexibility index (Phi) is 5.90. The molecule has 1 aromatic rings. The molecule has 0 aliphatic heterocycles. The summed E-state index contributed by atoms with van der Waals surface area (Å²) in [6.07, 6.45) is 0.611. The van der Waals surface area contributed by atoms with Crippen LogP contribution in [-0.2, 0) is 10.0 Å². The average Bonchev–Trinajstić information content (AvgIpc) is 2.43. The Morgan fingerprint density at radius 2 is 2.10 bits per heavy atom. The van der Waals surface area contributed by atoms with Gasteiger partial charge < -0.3 is 4.74 Å². The molecule has 0 radical (unpaired) electrons. The number of sulfonamides is 1. The van der Waals surface area contributed by atoms with Crippen LogP contribution in [0.15, 0.2) is 23.1 Å². The van der Waals surface area contributed by atoms with Crippen LogP contribution in [0.4, 0.5) is 5.69 Å². The zero-order valence-corrected chi connectivity index (χ0v) is 13.5. The van der Waals surface area contributed by atoms with Gasteiger partial charge in [0.05, 0.1) is 18.1 Å². The summed E-state index contributed by atoms with van der Waals surface area (Å²) in [5.41, 5.74) is -0.491. The van der Waals surface area contributed by atoms with Gasteiger partial charge in [-0.15, -0.1) is 0 Å². The highest BCUT2D eigenvalue weighted by Crippen LogP contribution is 2.30. The second-order valence-electron chi connectivity index (χ2n) is 3.96. The minimum Gasteiger partial charge on any atom is -0.497 e. The maximum absolute atomic E-state index is 12.3. The monoisotopic (exact) mass is 366 g/mol. The molecule has 20 heavy (non-hydrogen) atoms.